The Morgan fingerprint density at radius 2 is 2.05 bits per heavy atom. The minimum Gasteiger partial charge on any atom is -0.491 e. The van der Waals surface area contributed by atoms with Gasteiger partial charge in [-0.3, -0.25) is 0 Å². The highest BCUT2D eigenvalue weighted by atomic mass is 35.5. The van der Waals surface area contributed by atoms with Gasteiger partial charge in [-0.2, -0.15) is 0 Å². The van der Waals surface area contributed by atoms with Crippen molar-refractivity contribution >= 4 is 23.2 Å². The standard InChI is InChI=1S/C15H21Cl2NO3/c16-13-2-1-12(7-14(13)17)21-9-11(20)8-18-10-15(3-4-15)5-6-19/h1-2,7,11,18-20H,3-6,8-10H2. The van der Waals surface area contributed by atoms with E-state index in [4.69, 9.17) is 33.0 Å². The van der Waals surface area contributed by atoms with Crippen molar-refractivity contribution in [1.82, 2.24) is 5.32 Å². The quantitative estimate of drug-likeness (QED) is 0.649. The number of halogens is 2. The van der Waals surface area contributed by atoms with Gasteiger partial charge < -0.3 is 20.3 Å². The zero-order chi connectivity index (χ0) is 15.3. The molecule has 1 aliphatic rings. The van der Waals surface area contributed by atoms with Crippen molar-refractivity contribution in [2.75, 3.05) is 26.3 Å². The van der Waals surface area contributed by atoms with Crippen LogP contribution in [0.5, 0.6) is 5.75 Å². The fourth-order valence-electron chi connectivity index (χ4n) is 2.25. The van der Waals surface area contributed by atoms with E-state index in [0.29, 0.717) is 22.3 Å². The minimum absolute atomic E-state index is 0.192. The molecule has 118 valence electrons. The van der Waals surface area contributed by atoms with E-state index in [-0.39, 0.29) is 18.6 Å². The third-order valence-corrected chi connectivity index (χ3v) is 4.55. The number of ether oxygens (including phenoxy) is 1. The summed E-state index contributed by atoms with van der Waals surface area (Å²) in [5.41, 5.74) is 0.249. The molecule has 0 aliphatic heterocycles. The summed E-state index contributed by atoms with van der Waals surface area (Å²) in [5, 5.41) is 23.0. The molecular weight excluding hydrogens is 313 g/mol. The largest absolute Gasteiger partial charge is 0.491 e. The van der Waals surface area contributed by atoms with Gasteiger partial charge in [0, 0.05) is 25.8 Å². The number of hydrogen-bond acceptors (Lipinski definition) is 4. The summed E-state index contributed by atoms with van der Waals surface area (Å²) in [5.74, 6) is 0.586. The lowest BCUT2D eigenvalue weighted by Gasteiger charge is -2.17. The molecule has 1 saturated carbocycles. The van der Waals surface area contributed by atoms with E-state index in [2.05, 4.69) is 5.32 Å². The van der Waals surface area contributed by atoms with Crippen LogP contribution in [0.25, 0.3) is 0 Å². The lowest BCUT2D eigenvalue weighted by Crippen LogP contribution is -2.35. The first-order valence-electron chi connectivity index (χ1n) is 7.12. The summed E-state index contributed by atoms with van der Waals surface area (Å²) in [6.45, 7) is 1.72. The second-order valence-electron chi connectivity index (χ2n) is 5.65. The number of aliphatic hydroxyl groups is 2. The summed E-state index contributed by atoms with van der Waals surface area (Å²) >= 11 is 11.7. The first-order chi connectivity index (χ1) is 10.0. The fourth-order valence-corrected chi connectivity index (χ4v) is 2.54. The van der Waals surface area contributed by atoms with Crippen LogP contribution in [0.15, 0.2) is 18.2 Å². The Morgan fingerprint density at radius 3 is 2.67 bits per heavy atom. The molecule has 0 saturated heterocycles. The van der Waals surface area contributed by atoms with Gasteiger partial charge in [-0.25, -0.2) is 0 Å². The lowest BCUT2D eigenvalue weighted by atomic mass is 10.0. The van der Waals surface area contributed by atoms with E-state index in [1.807, 2.05) is 0 Å². The molecule has 1 aliphatic carbocycles. The van der Waals surface area contributed by atoms with Crippen LogP contribution < -0.4 is 10.1 Å². The monoisotopic (exact) mass is 333 g/mol. The summed E-state index contributed by atoms with van der Waals surface area (Å²) in [6, 6.07) is 5.01. The smallest absolute Gasteiger partial charge is 0.121 e. The van der Waals surface area contributed by atoms with Gasteiger partial charge >= 0.3 is 0 Å². The van der Waals surface area contributed by atoms with Crippen LogP contribution in [0.4, 0.5) is 0 Å². The van der Waals surface area contributed by atoms with Crippen LogP contribution in [0.3, 0.4) is 0 Å². The molecule has 1 fully saturated rings. The number of hydrogen-bond donors (Lipinski definition) is 3. The van der Waals surface area contributed by atoms with Gasteiger partial charge in [0.1, 0.15) is 18.5 Å². The Bertz CT molecular complexity index is 466. The average Bonchev–Trinajstić information content (AvgIpc) is 3.20. The average molecular weight is 334 g/mol. The van der Waals surface area contributed by atoms with E-state index >= 15 is 0 Å². The molecule has 3 N–H and O–H groups in total. The Balaban J connectivity index is 1.65. The SMILES string of the molecule is OCCC1(CNCC(O)COc2ccc(Cl)c(Cl)c2)CC1. The molecule has 2 rings (SSSR count). The van der Waals surface area contributed by atoms with Crippen LogP contribution in [0.2, 0.25) is 10.0 Å². The van der Waals surface area contributed by atoms with Gasteiger partial charge in [0.2, 0.25) is 0 Å². The summed E-state index contributed by atoms with van der Waals surface area (Å²) in [6.07, 6.45) is 2.53. The maximum Gasteiger partial charge on any atom is 0.121 e. The van der Waals surface area contributed by atoms with Crippen molar-refractivity contribution in [2.45, 2.75) is 25.4 Å². The molecule has 1 aromatic carbocycles. The van der Waals surface area contributed by atoms with Gasteiger partial charge in [0.25, 0.3) is 0 Å². The molecular formula is C15H21Cl2NO3. The van der Waals surface area contributed by atoms with E-state index in [0.717, 1.165) is 25.8 Å². The third kappa shape index (κ3) is 5.31. The molecule has 0 amide bonds. The fraction of sp³-hybridized carbons (Fsp3) is 0.600. The van der Waals surface area contributed by atoms with Crippen LogP contribution >= 0.6 is 23.2 Å². The number of aliphatic hydroxyl groups excluding tert-OH is 2. The van der Waals surface area contributed by atoms with Crippen molar-refractivity contribution in [3.8, 4) is 5.75 Å². The molecule has 1 unspecified atom stereocenters. The second-order valence-corrected chi connectivity index (χ2v) is 6.46. The number of rotatable bonds is 9. The van der Waals surface area contributed by atoms with Gasteiger partial charge in [-0.05, 0) is 36.8 Å². The highest BCUT2D eigenvalue weighted by molar-refractivity contribution is 6.42. The molecule has 0 aromatic heterocycles. The highest BCUT2D eigenvalue weighted by Crippen LogP contribution is 2.47. The van der Waals surface area contributed by atoms with Gasteiger partial charge in [0.05, 0.1) is 10.0 Å². The van der Waals surface area contributed by atoms with E-state index < -0.39 is 6.10 Å². The summed E-state index contributed by atoms with van der Waals surface area (Å²) < 4.78 is 5.48. The molecule has 1 atom stereocenters. The van der Waals surface area contributed by atoms with Crippen molar-refractivity contribution < 1.29 is 14.9 Å². The van der Waals surface area contributed by atoms with Gasteiger partial charge in [0.15, 0.2) is 0 Å². The predicted molar refractivity (Wildman–Crippen MR) is 84.2 cm³/mol. The van der Waals surface area contributed by atoms with Gasteiger partial charge in [-0.1, -0.05) is 23.2 Å². The van der Waals surface area contributed by atoms with Crippen LogP contribution in [0, 0.1) is 5.41 Å². The van der Waals surface area contributed by atoms with Crippen LogP contribution in [0.1, 0.15) is 19.3 Å². The molecule has 0 bridgehead atoms. The van der Waals surface area contributed by atoms with E-state index in [1.165, 1.54) is 0 Å². The molecule has 1 aromatic rings. The van der Waals surface area contributed by atoms with Gasteiger partial charge in [-0.15, -0.1) is 0 Å². The molecule has 0 radical (unpaired) electrons. The van der Waals surface area contributed by atoms with Crippen molar-refractivity contribution in [2.24, 2.45) is 5.41 Å². The Labute approximate surface area is 135 Å². The second kappa shape index (κ2) is 7.65. The minimum atomic E-state index is -0.593. The predicted octanol–water partition coefficient (Wildman–Crippen LogP) is 2.49. The van der Waals surface area contributed by atoms with E-state index in [1.54, 1.807) is 18.2 Å². The zero-order valence-corrected chi connectivity index (χ0v) is 13.3. The number of nitrogens with one attached hydrogen (secondary N) is 1. The van der Waals surface area contributed by atoms with Crippen LogP contribution in [-0.4, -0.2) is 42.6 Å². The first kappa shape index (κ1) is 16.8. The molecule has 0 heterocycles. The Hall–Kier alpha value is -0.520. The van der Waals surface area contributed by atoms with Crippen molar-refractivity contribution in [3.05, 3.63) is 28.2 Å². The van der Waals surface area contributed by atoms with Crippen LogP contribution in [-0.2, 0) is 0 Å². The molecule has 0 spiro atoms. The Morgan fingerprint density at radius 1 is 1.29 bits per heavy atom. The maximum absolute atomic E-state index is 9.89. The van der Waals surface area contributed by atoms with Crippen molar-refractivity contribution in [1.29, 1.82) is 0 Å². The van der Waals surface area contributed by atoms with Crippen molar-refractivity contribution in [3.63, 3.8) is 0 Å². The Kier molecular flexibility index (Phi) is 6.14. The first-order valence-corrected chi connectivity index (χ1v) is 7.88. The molecule has 4 nitrogen and oxygen atoms in total. The zero-order valence-electron chi connectivity index (χ0n) is 11.8. The summed E-state index contributed by atoms with van der Waals surface area (Å²) in [4.78, 5) is 0. The molecule has 21 heavy (non-hydrogen) atoms. The normalized spacial score (nSPS) is 17.5. The number of benzene rings is 1. The summed E-state index contributed by atoms with van der Waals surface area (Å²) in [7, 11) is 0. The van der Waals surface area contributed by atoms with E-state index in [9.17, 15) is 5.11 Å². The molecule has 6 heteroatoms. The maximum atomic E-state index is 9.89. The highest BCUT2D eigenvalue weighted by Gasteiger charge is 2.41. The lowest BCUT2D eigenvalue weighted by molar-refractivity contribution is 0.104. The topological polar surface area (TPSA) is 61.7 Å². The third-order valence-electron chi connectivity index (χ3n) is 3.81.